The molecule has 1 amide bonds. The van der Waals surface area contributed by atoms with Crippen LogP contribution in [0.2, 0.25) is 0 Å². The van der Waals surface area contributed by atoms with Gasteiger partial charge in [0.15, 0.2) is 21.3 Å². The van der Waals surface area contributed by atoms with Crippen molar-refractivity contribution in [1.82, 2.24) is 25.1 Å². The van der Waals surface area contributed by atoms with Crippen LogP contribution in [0.3, 0.4) is 0 Å². The molecule has 1 saturated carbocycles. The fourth-order valence-electron chi connectivity index (χ4n) is 3.85. The number of hydrogen-bond donors (Lipinski definition) is 1. The smallest absolute Gasteiger partial charge is 0.252 e. The standard InChI is InChI=1S/C24H23N5O3S/c1-15-22-19(24(30)26-14-16-6-10-18(11-7-16)33(2,31)32)13-20(17-8-9-17)27-23(22)29(28-15)21-5-3-4-12-25-21/h3-7,10-13,17H,8-9,14H2,1-2H3,(H,26,30). The van der Waals surface area contributed by atoms with E-state index >= 15 is 0 Å². The zero-order valence-electron chi connectivity index (χ0n) is 18.3. The van der Waals surface area contributed by atoms with E-state index in [1.807, 2.05) is 31.2 Å². The number of hydrogen-bond acceptors (Lipinski definition) is 6. The van der Waals surface area contributed by atoms with Crippen molar-refractivity contribution in [2.75, 3.05) is 6.26 Å². The van der Waals surface area contributed by atoms with E-state index < -0.39 is 9.84 Å². The number of aromatic nitrogens is 4. The van der Waals surface area contributed by atoms with Gasteiger partial charge in [0.1, 0.15) is 0 Å². The summed E-state index contributed by atoms with van der Waals surface area (Å²) in [4.78, 5) is 22.8. The first-order valence-corrected chi connectivity index (χ1v) is 12.6. The largest absolute Gasteiger partial charge is 0.348 e. The van der Waals surface area contributed by atoms with Crippen molar-refractivity contribution in [2.45, 2.75) is 37.1 Å². The number of nitrogens with one attached hydrogen (secondary N) is 1. The molecule has 0 saturated heterocycles. The molecule has 0 spiro atoms. The molecule has 0 bridgehead atoms. The van der Waals surface area contributed by atoms with Crippen LogP contribution < -0.4 is 5.32 Å². The fraction of sp³-hybridized carbons (Fsp3) is 0.250. The third-order valence-corrected chi connectivity index (χ3v) is 6.87. The lowest BCUT2D eigenvalue weighted by molar-refractivity contribution is 0.0952. The van der Waals surface area contributed by atoms with Crippen molar-refractivity contribution < 1.29 is 13.2 Å². The Balaban J connectivity index is 1.49. The first-order valence-electron chi connectivity index (χ1n) is 10.7. The Kier molecular flexibility index (Phi) is 5.20. The van der Waals surface area contributed by atoms with Crippen LogP contribution in [-0.2, 0) is 16.4 Å². The van der Waals surface area contributed by atoms with E-state index in [0.29, 0.717) is 34.0 Å². The first kappa shape index (κ1) is 21.3. The molecule has 1 aromatic carbocycles. The molecule has 4 aromatic rings. The fourth-order valence-corrected chi connectivity index (χ4v) is 4.48. The van der Waals surface area contributed by atoms with Gasteiger partial charge in [0, 0.05) is 30.6 Å². The van der Waals surface area contributed by atoms with Gasteiger partial charge in [-0.05, 0) is 55.7 Å². The van der Waals surface area contributed by atoms with Gasteiger partial charge in [0.05, 0.1) is 21.5 Å². The number of nitrogens with zero attached hydrogens (tertiary/aromatic N) is 4. The maximum Gasteiger partial charge on any atom is 0.252 e. The zero-order valence-corrected chi connectivity index (χ0v) is 19.1. The molecule has 9 heteroatoms. The Bertz CT molecular complexity index is 1460. The van der Waals surface area contributed by atoms with Crippen molar-refractivity contribution in [3.05, 3.63) is 77.2 Å². The molecule has 33 heavy (non-hydrogen) atoms. The Morgan fingerprint density at radius 1 is 1.15 bits per heavy atom. The number of carbonyl (C=O) groups excluding carboxylic acids is 1. The average Bonchev–Trinajstić information content (AvgIpc) is 3.61. The third-order valence-electron chi connectivity index (χ3n) is 5.74. The van der Waals surface area contributed by atoms with Gasteiger partial charge >= 0.3 is 0 Å². The molecular formula is C24H23N5O3S. The molecular weight excluding hydrogens is 438 g/mol. The van der Waals surface area contributed by atoms with Gasteiger partial charge in [-0.1, -0.05) is 18.2 Å². The quantitative estimate of drug-likeness (QED) is 0.472. The highest BCUT2D eigenvalue weighted by molar-refractivity contribution is 7.90. The van der Waals surface area contributed by atoms with Gasteiger partial charge in [-0.2, -0.15) is 9.78 Å². The predicted octanol–water partition coefficient (Wildman–Crippen LogP) is 3.33. The lowest BCUT2D eigenvalue weighted by Gasteiger charge is -2.10. The van der Waals surface area contributed by atoms with Crippen LogP contribution in [0.25, 0.3) is 16.9 Å². The summed E-state index contributed by atoms with van der Waals surface area (Å²) in [6, 6.07) is 14.0. The number of benzene rings is 1. The van der Waals surface area contributed by atoms with Crippen LogP contribution in [0, 0.1) is 6.92 Å². The second-order valence-electron chi connectivity index (χ2n) is 8.35. The molecule has 1 aliphatic carbocycles. The van der Waals surface area contributed by atoms with E-state index in [1.54, 1.807) is 35.1 Å². The number of pyridine rings is 2. The van der Waals surface area contributed by atoms with Crippen molar-refractivity contribution in [3.63, 3.8) is 0 Å². The van der Waals surface area contributed by atoms with Crippen LogP contribution in [-0.4, -0.2) is 40.3 Å². The van der Waals surface area contributed by atoms with Crippen LogP contribution >= 0.6 is 0 Å². The molecule has 0 atom stereocenters. The Morgan fingerprint density at radius 2 is 1.91 bits per heavy atom. The van der Waals surface area contributed by atoms with Gasteiger partial charge in [-0.25, -0.2) is 18.4 Å². The van der Waals surface area contributed by atoms with Gasteiger partial charge in [-0.3, -0.25) is 4.79 Å². The molecule has 3 aromatic heterocycles. The molecule has 1 aliphatic rings. The van der Waals surface area contributed by atoms with E-state index in [-0.39, 0.29) is 17.3 Å². The number of carbonyl (C=O) groups is 1. The lowest BCUT2D eigenvalue weighted by Crippen LogP contribution is -2.23. The van der Waals surface area contributed by atoms with Crippen molar-refractivity contribution >= 4 is 26.8 Å². The SMILES string of the molecule is Cc1nn(-c2ccccn2)c2nc(C3CC3)cc(C(=O)NCc3ccc(S(C)(=O)=O)cc3)c12. The van der Waals surface area contributed by atoms with E-state index in [0.717, 1.165) is 24.1 Å². The Hall–Kier alpha value is -3.59. The summed E-state index contributed by atoms with van der Waals surface area (Å²) in [5, 5.41) is 8.29. The molecule has 1 fully saturated rings. The number of aryl methyl sites for hydroxylation is 1. The maximum atomic E-state index is 13.3. The summed E-state index contributed by atoms with van der Waals surface area (Å²) in [5.41, 5.74) is 3.56. The molecule has 5 rings (SSSR count). The number of amides is 1. The summed E-state index contributed by atoms with van der Waals surface area (Å²) in [5.74, 6) is 0.783. The molecule has 168 valence electrons. The highest BCUT2D eigenvalue weighted by Gasteiger charge is 2.29. The zero-order chi connectivity index (χ0) is 23.2. The first-order chi connectivity index (χ1) is 15.8. The number of fused-ring (bicyclic) bond motifs is 1. The summed E-state index contributed by atoms with van der Waals surface area (Å²) in [6.45, 7) is 2.14. The topological polar surface area (TPSA) is 107 Å². The van der Waals surface area contributed by atoms with Crippen LogP contribution in [0.5, 0.6) is 0 Å². The van der Waals surface area contributed by atoms with Crippen LogP contribution in [0.1, 0.15) is 46.1 Å². The second kappa shape index (κ2) is 8.08. The predicted molar refractivity (Wildman–Crippen MR) is 124 cm³/mol. The van der Waals surface area contributed by atoms with Gasteiger partial charge in [0.25, 0.3) is 5.91 Å². The van der Waals surface area contributed by atoms with Crippen LogP contribution in [0.4, 0.5) is 0 Å². The maximum absolute atomic E-state index is 13.3. The van der Waals surface area contributed by atoms with Crippen molar-refractivity contribution in [3.8, 4) is 5.82 Å². The van der Waals surface area contributed by atoms with Gasteiger partial charge in [-0.15, -0.1) is 0 Å². The monoisotopic (exact) mass is 461 g/mol. The minimum absolute atomic E-state index is 0.222. The summed E-state index contributed by atoms with van der Waals surface area (Å²) in [7, 11) is -3.26. The minimum atomic E-state index is -3.26. The summed E-state index contributed by atoms with van der Waals surface area (Å²) < 4.78 is 25.0. The van der Waals surface area contributed by atoms with E-state index in [4.69, 9.17) is 4.98 Å². The van der Waals surface area contributed by atoms with Gasteiger partial charge < -0.3 is 5.32 Å². The molecule has 8 nitrogen and oxygen atoms in total. The van der Waals surface area contributed by atoms with Crippen molar-refractivity contribution in [2.24, 2.45) is 0 Å². The molecule has 3 heterocycles. The Labute approximate surface area is 191 Å². The average molecular weight is 462 g/mol. The highest BCUT2D eigenvalue weighted by Crippen LogP contribution is 2.40. The van der Waals surface area contributed by atoms with E-state index in [1.165, 1.54) is 6.26 Å². The van der Waals surface area contributed by atoms with E-state index in [2.05, 4.69) is 15.4 Å². The molecule has 1 N–H and O–H groups in total. The third kappa shape index (κ3) is 4.23. The molecule has 0 unspecified atom stereocenters. The van der Waals surface area contributed by atoms with Gasteiger partial charge in [0.2, 0.25) is 0 Å². The number of sulfone groups is 1. The number of rotatable bonds is 6. The lowest BCUT2D eigenvalue weighted by atomic mass is 10.1. The summed E-state index contributed by atoms with van der Waals surface area (Å²) >= 11 is 0. The minimum Gasteiger partial charge on any atom is -0.348 e. The molecule has 0 aliphatic heterocycles. The Morgan fingerprint density at radius 3 is 2.55 bits per heavy atom. The normalized spacial score (nSPS) is 13.9. The van der Waals surface area contributed by atoms with Crippen molar-refractivity contribution in [1.29, 1.82) is 0 Å². The summed E-state index contributed by atoms with van der Waals surface area (Å²) in [6.07, 6.45) is 4.99. The van der Waals surface area contributed by atoms with Crippen LogP contribution in [0.15, 0.2) is 59.6 Å². The highest BCUT2D eigenvalue weighted by atomic mass is 32.2. The molecule has 0 radical (unpaired) electrons. The second-order valence-corrected chi connectivity index (χ2v) is 10.4. The van der Waals surface area contributed by atoms with E-state index in [9.17, 15) is 13.2 Å².